The highest BCUT2D eigenvalue weighted by Crippen LogP contribution is 2.27. The van der Waals surface area contributed by atoms with Crippen molar-refractivity contribution < 1.29 is 18.7 Å². The molecule has 0 radical (unpaired) electrons. The molecule has 20 heavy (non-hydrogen) atoms. The van der Waals surface area contributed by atoms with Crippen LogP contribution in [0.15, 0.2) is 12.1 Å². The molecule has 1 unspecified atom stereocenters. The highest BCUT2D eigenvalue weighted by Gasteiger charge is 2.21. The van der Waals surface area contributed by atoms with Crippen molar-refractivity contribution in [2.45, 2.75) is 19.9 Å². The number of halogens is 1. The van der Waals surface area contributed by atoms with Gasteiger partial charge in [-0.25, -0.2) is 9.18 Å². The molecule has 0 aliphatic rings. The van der Waals surface area contributed by atoms with E-state index in [-0.39, 0.29) is 17.3 Å². The van der Waals surface area contributed by atoms with Crippen LogP contribution < -0.4 is 10.6 Å². The molecule has 0 saturated carbocycles. The van der Waals surface area contributed by atoms with E-state index in [1.54, 1.807) is 7.11 Å². The van der Waals surface area contributed by atoms with Gasteiger partial charge in [-0.2, -0.15) is 0 Å². The molecule has 0 spiro atoms. The number of nitrogen functional groups attached to an aromatic ring is 1. The molecule has 112 valence electrons. The fraction of sp³-hybridized carbons (Fsp3) is 0.500. The molecular weight excluding hydrogens is 263 g/mol. The number of rotatable bonds is 6. The topological polar surface area (TPSA) is 64.8 Å². The van der Waals surface area contributed by atoms with Crippen molar-refractivity contribution in [3.05, 3.63) is 23.5 Å². The van der Waals surface area contributed by atoms with Crippen LogP contribution in [0.2, 0.25) is 0 Å². The van der Waals surface area contributed by atoms with Crippen LogP contribution in [0.1, 0.15) is 24.2 Å². The van der Waals surface area contributed by atoms with Crippen LogP contribution in [0.3, 0.4) is 0 Å². The van der Waals surface area contributed by atoms with Gasteiger partial charge in [-0.3, -0.25) is 0 Å². The molecule has 0 amide bonds. The number of carbonyl (C=O) groups is 1. The van der Waals surface area contributed by atoms with Crippen molar-refractivity contribution in [3.63, 3.8) is 0 Å². The summed E-state index contributed by atoms with van der Waals surface area (Å²) in [5.74, 6) is -1.06. The summed E-state index contributed by atoms with van der Waals surface area (Å²) in [5.41, 5.74) is 6.19. The Morgan fingerprint density at radius 2 is 2.10 bits per heavy atom. The maximum Gasteiger partial charge on any atom is 0.340 e. The van der Waals surface area contributed by atoms with E-state index in [2.05, 4.69) is 4.74 Å². The number of methoxy groups -OCH3 is 2. The fourth-order valence-electron chi connectivity index (χ4n) is 2.13. The Kier molecular flexibility index (Phi) is 5.76. The molecule has 0 bridgehead atoms. The molecule has 0 fully saturated rings. The van der Waals surface area contributed by atoms with Crippen LogP contribution in [0.25, 0.3) is 0 Å². The minimum absolute atomic E-state index is 0.0337. The smallest absolute Gasteiger partial charge is 0.340 e. The number of carbonyl (C=O) groups excluding carboxylic acids is 1. The first-order chi connectivity index (χ1) is 9.46. The minimum atomic E-state index is -0.584. The van der Waals surface area contributed by atoms with E-state index in [0.29, 0.717) is 18.8 Å². The molecule has 1 aromatic carbocycles. The number of hydrogen-bond donors (Lipinski definition) is 1. The SMILES string of the molecule is CCN(c1cc(C(=O)OC)c(N)cc1F)C(C)COC. The number of anilines is 2. The Bertz CT molecular complexity index is 480. The molecule has 5 nitrogen and oxygen atoms in total. The van der Waals surface area contributed by atoms with Gasteiger partial charge < -0.3 is 20.1 Å². The second kappa shape index (κ2) is 7.09. The maximum absolute atomic E-state index is 14.1. The van der Waals surface area contributed by atoms with Gasteiger partial charge in [0.2, 0.25) is 0 Å². The molecule has 0 aromatic heterocycles. The number of nitrogens with zero attached hydrogens (tertiary/aromatic N) is 1. The Labute approximate surface area is 118 Å². The Balaban J connectivity index is 3.24. The summed E-state index contributed by atoms with van der Waals surface area (Å²) in [6.45, 7) is 4.84. The van der Waals surface area contributed by atoms with Gasteiger partial charge in [0.25, 0.3) is 0 Å². The third-order valence-corrected chi connectivity index (χ3v) is 3.11. The summed E-state index contributed by atoms with van der Waals surface area (Å²) in [4.78, 5) is 13.4. The first-order valence-electron chi connectivity index (χ1n) is 6.39. The normalized spacial score (nSPS) is 12.1. The Hall–Kier alpha value is -1.82. The number of ether oxygens (including phenoxy) is 2. The molecule has 0 aliphatic heterocycles. The van der Waals surface area contributed by atoms with Gasteiger partial charge >= 0.3 is 5.97 Å². The van der Waals surface area contributed by atoms with Crippen LogP contribution in [0.5, 0.6) is 0 Å². The average molecular weight is 284 g/mol. The monoisotopic (exact) mass is 284 g/mol. The van der Waals surface area contributed by atoms with Crippen LogP contribution >= 0.6 is 0 Å². The van der Waals surface area contributed by atoms with Gasteiger partial charge in [-0.15, -0.1) is 0 Å². The summed E-state index contributed by atoms with van der Waals surface area (Å²) >= 11 is 0. The lowest BCUT2D eigenvalue weighted by Crippen LogP contribution is -2.37. The lowest BCUT2D eigenvalue weighted by Gasteiger charge is -2.30. The molecule has 1 atom stereocenters. The largest absolute Gasteiger partial charge is 0.465 e. The van der Waals surface area contributed by atoms with Crippen molar-refractivity contribution in [3.8, 4) is 0 Å². The first-order valence-corrected chi connectivity index (χ1v) is 6.39. The molecule has 1 rings (SSSR count). The number of benzene rings is 1. The second-order valence-electron chi connectivity index (χ2n) is 4.47. The van der Waals surface area contributed by atoms with E-state index in [9.17, 15) is 9.18 Å². The summed E-state index contributed by atoms with van der Waals surface area (Å²) in [5, 5.41) is 0. The van der Waals surface area contributed by atoms with Crippen LogP contribution in [-0.4, -0.2) is 39.4 Å². The van der Waals surface area contributed by atoms with Gasteiger partial charge in [0.1, 0.15) is 5.82 Å². The average Bonchev–Trinajstić information content (AvgIpc) is 2.41. The summed E-state index contributed by atoms with van der Waals surface area (Å²) in [6, 6.07) is 2.53. The van der Waals surface area contributed by atoms with Crippen molar-refractivity contribution in [1.29, 1.82) is 0 Å². The summed E-state index contributed by atoms with van der Waals surface area (Å²) < 4.78 is 23.9. The third kappa shape index (κ3) is 3.39. The number of hydrogen-bond acceptors (Lipinski definition) is 5. The van der Waals surface area contributed by atoms with Gasteiger partial charge in [0.15, 0.2) is 0 Å². The van der Waals surface area contributed by atoms with E-state index in [0.717, 1.165) is 6.07 Å². The van der Waals surface area contributed by atoms with Gasteiger partial charge in [0, 0.05) is 25.4 Å². The van der Waals surface area contributed by atoms with E-state index in [1.165, 1.54) is 13.2 Å². The number of likely N-dealkylation sites (N-methyl/N-ethyl adjacent to an activating group) is 1. The molecular formula is C14H21FN2O3. The lowest BCUT2D eigenvalue weighted by atomic mass is 10.1. The Morgan fingerprint density at radius 3 is 2.60 bits per heavy atom. The highest BCUT2D eigenvalue weighted by atomic mass is 19.1. The quantitative estimate of drug-likeness (QED) is 0.640. The molecule has 0 saturated heterocycles. The fourth-order valence-corrected chi connectivity index (χ4v) is 2.13. The zero-order chi connectivity index (χ0) is 15.3. The number of esters is 1. The van der Waals surface area contributed by atoms with E-state index < -0.39 is 11.8 Å². The standard InChI is InChI=1S/C14H21FN2O3/c1-5-17(9(2)8-19-3)13-6-10(14(18)20-4)12(16)7-11(13)15/h6-7,9H,5,8,16H2,1-4H3. The second-order valence-corrected chi connectivity index (χ2v) is 4.47. The van der Waals surface area contributed by atoms with E-state index in [1.807, 2.05) is 18.7 Å². The van der Waals surface area contributed by atoms with Crippen LogP contribution in [-0.2, 0) is 9.47 Å². The Morgan fingerprint density at radius 1 is 1.45 bits per heavy atom. The van der Waals surface area contributed by atoms with Crippen LogP contribution in [0, 0.1) is 5.82 Å². The van der Waals surface area contributed by atoms with Crippen molar-refractivity contribution >= 4 is 17.3 Å². The molecule has 0 heterocycles. The van der Waals surface area contributed by atoms with E-state index in [4.69, 9.17) is 10.5 Å². The predicted octanol–water partition coefficient (Wildman–Crippen LogP) is 2.06. The number of nitrogens with two attached hydrogens (primary N) is 1. The highest BCUT2D eigenvalue weighted by molar-refractivity contribution is 5.96. The lowest BCUT2D eigenvalue weighted by molar-refractivity contribution is 0.0602. The van der Waals surface area contributed by atoms with Gasteiger partial charge in [-0.05, 0) is 26.0 Å². The van der Waals surface area contributed by atoms with Crippen molar-refractivity contribution in [2.75, 3.05) is 38.0 Å². The van der Waals surface area contributed by atoms with Crippen LogP contribution in [0.4, 0.5) is 15.8 Å². The van der Waals surface area contributed by atoms with Gasteiger partial charge in [-0.1, -0.05) is 0 Å². The first kappa shape index (κ1) is 16.2. The van der Waals surface area contributed by atoms with Crippen molar-refractivity contribution in [1.82, 2.24) is 0 Å². The zero-order valence-corrected chi connectivity index (χ0v) is 12.3. The molecule has 0 aliphatic carbocycles. The van der Waals surface area contributed by atoms with E-state index >= 15 is 0 Å². The minimum Gasteiger partial charge on any atom is -0.465 e. The molecule has 6 heteroatoms. The predicted molar refractivity (Wildman–Crippen MR) is 76.5 cm³/mol. The molecule has 2 N–H and O–H groups in total. The zero-order valence-electron chi connectivity index (χ0n) is 12.3. The molecule has 1 aromatic rings. The third-order valence-electron chi connectivity index (χ3n) is 3.11. The summed E-state index contributed by atoms with van der Waals surface area (Å²) in [6.07, 6.45) is 0. The maximum atomic E-state index is 14.1. The summed E-state index contributed by atoms with van der Waals surface area (Å²) in [7, 11) is 2.85. The van der Waals surface area contributed by atoms with Gasteiger partial charge in [0.05, 0.1) is 25.0 Å². The van der Waals surface area contributed by atoms with Crippen molar-refractivity contribution in [2.24, 2.45) is 0 Å².